The molecule has 5 nitrogen and oxygen atoms in total. The van der Waals surface area contributed by atoms with Gasteiger partial charge in [-0.25, -0.2) is 9.18 Å². The van der Waals surface area contributed by atoms with Crippen molar-refractivity contribution < 1.29 is 14.0 Å². The fourth-order valence-corrected chi connectivity index (χ4v) is 4.32. The third-order valence-corrected chi connectivity index (χ3v) is 5.72. The molecule has 2 aromatic rings. The molecule has 4 rings (SSSR count). The molecule has 0 spiro atoms. The maximum absolute atomic E-state index is 13.3. The molecule has 0 radical (unpaired) electrons. The van der Waals surface area contributed by atoms with Crippen LogP contribution in [-0.4, -0.2) is 18.5 Å². The van der Waals surface area contributed by atoms with Crippen LogP contribution in [0.15, 0.2) is 48.5 Å². The van der Waals surface area contributed by atoms with Gasteiger partial charge in [-0.2, -0.15) is 0 Å². The predicted octanol–water partition coefficient (Wildman–Crippen LogP) is 4.54. The third kappa shape index (κ3) is 3.59. The number of benzene rings is 2. The molecule has 0 unspecified atom stereocenters. The fraction of sp³-hybridized carbons (Fsp3) is 0.364. The van der Waals surface area contributed by atoms with Crippen LogP contribution >= 0.6 is 0 Å². The van der Waals surface area contributed by atoms with Crippen LogP contribution in [0.1, 0.15) is 44.1 Å². The number of nitrogens with zero attached hydrogens (tertiary/aromatic N) is 1. The fourth-order valence-electron chi connectivity index (χ4n) is 4.32. The highest BCUT2D eigenvalue weighted by atomic mass is 19.1. The summed E-state index contributed by atoms with van der Waals surface area (Å²) >= 11 is 0. The molecule has 6 heteroatoms. The van der Waals surface area contributed by atoms with E-state index in [0.717, 1.165) is 43.4 Å². The number of nitrogens with one attached hydrogen (secondary N) is 2. The molecule has 2 aromatic carbocycles. The average Bonchev–Trinajstić information content (AvgIpc) is 3.32. The van der Waals surface area contributed by atoms with E-state index in [0.29, 0.717) is 18.7 Å². The Morgan fingerprint density at radius 3 is 2.39 bits per heavy atom. The number of amides is 3. The van der Waals surface area contributed by atoms with Crippen LogP contribution in [0.5, 0.6) is 0 Å². The topological polar surface area (TPSA) is 61.4 Å². The van der Waals surface area contributed by atoms with Crippen LogP contribution in [0.25, 0.3) is 0 Å². The van der Waals surface area contributed by atoms with Crippen LogP contribution in [0, 0.1) is 5.82 Å². The molecule has 0 aromatic heterocycles. The highest BCUT2D eigenvalue weighted by Crippen LogP contribution is 2.39. The third-order valence-electron chi connectivity index (χ3n) is 5.72. The predicted molar refractivity (Wildman–Crippen MR) is 107 cm³/mol. The second kappa shape index (κ2) is 7.62. The van der Waals surface area contributed by atoms with Crippen molar-refractivity contribution >= 4 is 23.3 Å². The van der Waals surface area contributed by atoms with Crippen molar-refractivity contribution in [2.24, 2.45) is 0 Å². The van der Waals surface area contributed by atoms with Gasteiger partial charge in [-0.15, -0.1) is 0 Å². The summed E-state index contributed by atoms with van der Waals surface area (Å²) in [5, 5.41) is 6.05. The molecule has 2 N–H and O–H groups in total. The lowest BCUT2D eigenvalue weighted by Crippen LogP contribution is -2.46. The van der Waals surface area contributed by atoms with E-state index in [4.69, 9.17) is 0 Å². The number of hydrogen-bond donors (Lipinski definition) is 2. The monoisotopic (exact) mass is 381 g/mol. The summed E-state index contributed by atoms with van der Waals surface area (Å²) in [5.74, 6) is -0.209. The standard InChI is InChI=1S/C22H24FN3O2/c23-17-11-9-16(10-12-17)22(13-3-4-14-22)25-21(28)24-18-6-1-2-7-19(18)26-15-5-8-20(26)27/h1-2,6-7,9-12H,3-5,8,13-15H2,(H2,24,25,28). The van der Waals surface area contributed by atoms with E-state index in [1.807, 2.05) is 18.2 Å². The van der Waals surface area contributed by atoms with Crippen molar-refractivity contribution in [1.82, 2.24) is 5.32 Å². The number of halogens is 1. The molecule has 1 saturated heterocycles. The Hall–Kier alpha value is -2.89. The Bertz CT molecular complexity index is 876. The minimum absolute atomic E-state index is 0.0771. The van der Waals surface area contributed by atoms with E-state index >= 15 is 0 Å². The Morgan fingerprint density at radius 2 is 1.71 bits per heavy atom. The summed E-state index contributed by atoms with van der Waals surface area (Å²) < 4.78 is 13.3. The molecule has 28 heavy (non-hydrogen) atoms. The first-order chi connectivity index (χ1) is 13.6. The summed E-state index contributed by atoms with van der Waals surface area (Å²) in [4.78, 5) is 26.7. The van der Waals surface area contributed by atoms with Crippen molar-refractivity contribution in [2.45, 2.75) is 44.1 Å². The Balaban J connectivity index is 1.54. The van der Waals surface area contributed by atoms with Crippen LogP contribution in [-0.2, 0) is 10.3 Å². The highest BCUT2D eigenvalue weighted by molar-refractivity contribution is 6.01. The van der Waals surface area contributed by atoms with Gasteiger partial charge >= 0.3 is 6.03 Å². The zero-order chi connectivity index (χ0) is 19.6. The number of hydrogen-bond acceptors (Lipinski definition) is 2. The van der Waals surface area contributed by atoms with Gasteiger partial charge < -0.3 is 15.5 Å². The van der Waals surface area contributed by atoms with Crippen molar-refractivity contribution in [1.29, 1.82) is 0 Å². The minimum atomic E-state index is -0.490. The first-order valence-corrected chi connectivity index (χ1v) is 9.82. The van der Waals surface area contributed by atoms with Gasteiger partial charge in [0.15, 0.2) is 0 Å². The molecular weight excluding hydrogens is 357 g/mol. The van der Waals surface area contributed by atoms with Crippen LogP contribution in [0.4, 0.5) is 20.6 Å². The number of para-hydroxylation sites is 2. The number of rotatable bonds is 4. The number of urea groups is 1. The molecular formula is C22H24FN3O2. The number of anilines is 2. The van der Waals surface area contributed by atoms with E-state index in [1.54, 1.807) is 23.1 Å². The van der Waals surface area contributed by atoms with Crippen molar-refractivity contribution in [3.05, 3.63) is 59.9 Å². The SMILES string of the molecule is O=C(Nc1ccccc1N1CCCC1=O)NC1(c2ccc(F)cc2)CCCC1. The van der Waals surface area contributed by atoms with E-state index in [1.165, 1.54) is 12.1 Å². The summed E-state index contributed by atoms with van der Waals surface area (Å²) in [6.07, 6.45) is 5.02. The molecule has 0 bridgehead atoms. The highest BCUT2D eigenvalue weighted by Gasteiger charge is 2.37. The maximum Gasteiger partial charge on any atom is 0.319 e. The van der Waals surface area contributed by atoms with E-state index < -0.39 is 5.54 Å². The Morgan fingerprint density at radius 1 is 1.00 bits per heavy atom. The minimum Gasteiger partial charge on any atom is -0.328 e. The summed E-state index contributed by atoms with van der Waals surface area (Å²) in [6.45, 7) is 0.665. The molecule has 1 aliphatic carbocycles. The zero-order valence-corrected chi connectivity index (χ0v) is 15.7. The van der Waals surface area contributed by atoms with E-state index in [2.05, 4.69) is 10.6 Å². The van der Waals surface area contributed by atoms with Gasteiger partial charge in [0.1, 0.15) is 5.82 Å². The van der Waals surface area contributed by atoms with Gasteiger partial charge in [-0.1, -0.05) is 37.1 Å². The smallest absolute Gasteiger partial charge is 0.319 e. The van der Waals surface area contributed by atoms with E-state index in [9.17, 15) is 14.0 Å². The maximum atomic E-state index is 13.3. The van der Waals surface area contributed by atoms with Crippen molar-refractivity contribution in [3.63, 3.8) is 0 Å². The molecule has 146 valence electrons. The lowest BCUT2D eigenvalue weighted by Gasteiger charge is -2.31. The first-order valence-electron chi connectivity index (χ1n) is 9.82. The van der Waals surface area contributed by atoms with Crippen molar-refractivity contribution in [3.8, 4) is 0 Å². The van der Waals surface area contributed by atoms with Gasteiger partial charge in [-0.05, 0) is 49.1 Å². The van der Waals surface area contributed by atoms with Crippen LogP contribution in [0.3, 0.4) is 0 Å². The van der Waals surface area contributed by atoms with Crippen LogP contribution < -0.4 is 15.5 Å². The second-order valence-electron chi connectivity index (χ2n) is 7.54. The van der Waals surface area contributed by atoms with Gasteiger partial charge in [0, 0.05) is 13.0 Å². The molecule has 2 aliphatic rings. The second-order valence-corrected chi connectivity index (χ2v) is 7.54. The van der Waals surface area contributed by atoms with Gasteiger partial charge in [0.25, 0.3) is 0 Å². The molecule has 1 heterocycles. The van der Waals surface area contributed by atoms with E-state index in [-0.39, 0.29) is 17.8 Å². The zero-order valence-electron chi connectivity index (χ0n) is 15.7. The van der Waals surface area contributed by atoms with Crippen molar-refractivity contribution in [2.75, 3.05) is 16.8 Å². The quantitative estimate of drug-likeness (QED) is 0.817. The lowest BCUT2D eigenvalue weighted by molar-refractivity contribution is -0.117. The first kappa shape index (κ1) is 18.5. The summed E-state index contributed by atoms with van der Waals surface area (Å²) in [7, 11) is 0. The normalized spacial score (nSPS) is 18.3. The molecule has 1 aliphatic heterocycles. The largest absolute Gasteiger partial charge is 0.328 e. The Labute approximate surface area is 163 Å². The molecule has 0 atom stereocenters. The lowest BCUT2D eigenvalue weighted by atomic mass is 9.88. The summed E-state index contributed by atoms with van der Waals surface area (Å²) in [6, 6.07) is 13.4. The van der Waals surface area contributed by atoms with Gasteiger partial charge in [-0.3, -0.25) is 4.79 Å². The molecule has 3 amide bonds. The van der Waals surface area contributed by atoms with Crippen LogP contribution in [0.2, 0.25) is 0 Å². The number of carbonyl (C=O) groups excluding carboxylic acids is 2. The average molecular weight is 381 g/mol. The summed E-state index contributed by atoms with van der Waals surface area (Å²) in [5.41, 5.74) is 1.77. The molecule has 1 saturated carbocycles. The number of carbonyl (C=O) groups is 2. The van der Waals surface area contributed by atoms with Gasteiger partial charge in [0.05, 0.1) is 16.9 Å². The Kier molecular flexibility index (Phi) is 5.03. The van der Waals surface area contributed by atoms with Gasteiger partial charge in [0.2, 0.25) is 5.91 Å². The molecule has 2 fully saturated rings.